The molecule has 24 heavy (non-hydrogen) atoms. The van der Waals surface area contributed by atoms with E-state index < -0.39 is 92.9 Å². The van der Waals surface area contributed by atoms with Crippen molar-refractivity contribution in [3.05, 3.63) is 0 Å². The minimum absolute atomic E-state index is 0. The molecule has 24 heteroatoms. The molecule has 0 fully saturated rings. The Balaban J connectivity index is -0.00000000686. The van der Waals surface area contributed by atoms with Gasteiger partial charge in [0, 0.05) is 0 Å². The van der Waals surface area contributed by atoms with Crippen molar-refractivity contribution in [1.82, 2.24) is 0 Å². The molecular weight excluding hydrogens is 492 g/mol. The molecule has 0 saturated heterocycles. The molecule has 0 bridgehead atoms. The van der Waals surface area contributed by atoms with Crippen molar-refractivity contribution < 1.29 is 225 Å². The fourth-order valence-corrected chi connectivity index (χ4v) is 0. The summed E-state index contributed by atoms with van der Waals surface area (Å²) in [7, 11) is 0. The van der Waals surface area contributed by atoms with Crippen molar-refractivity contribution >= 4 is 92.9 Å². The van der Waals surface area contributed by atoms with Gasteiger partial charge in [0.25, 0.3) is 0 Å². The van der Waals surface area contributed by atoms with Crippen molar-refractivity contribution in [3.63, 3.8) is 0 Å². The first-order valence-electron chi connectivity index (χ1n) is 2.83. The van der Waals surface area contributed by atoms with Crippen LogP contribution in [0.4, 0.5) is 0 Å². The Bertz CT molecular complexity index is 128. The summed E-state index contributed by atoms with van der Waals surface area (Å²) in [4.78, 5) is 0. The quantitative estimate of drug-likeness (QED) is 0.287. The fourth-order valence-electron chi connectivity index (χ4n) is 0. The number of rotatable bonds is 0. The Morgan fingerprint density at radius 2 is 0.292 bits per heavy atom. The second-order valence-electron chi connectivity index (χ2n) is 0.577. The van der Waals surface area contributed by atoms with Gasteiger partial charge in [0.2, 0.25) is 0 Å². The van der Waals surface area contributed by atoms with Gasteiger partial charge in [0.15, 0.2) is 0 Å². The molecule has 0 N–H and O–H groups in total. The Hall–Kier alpha value is 6.79. The van der Waals surface area contributed by atoms with Crippen LogP contribution in [0.5, 0.6) is 0 Å². The van der Waals surface area contributed by atoms with Crippen LogP contribution >= 0.6 is 0 Å². The van der Waals surface area contributed by atoms with Crippen molar-refractivity contribution in [2.45, 2.75) is 0 Å². The monoisotopic (exact) mass is 492 g/mol. The van der Waals surface area contributed by atoms with Gasteiger partial charge in [0.05, 0.1) is 0 Å². The molecular formula is Al6Na6O12. The topological polar surface area (TPSA) is 241 Å². The van der Waals surface area contributed by atoms with Crippen LogP contribution in [0, 0.1) is 0 Å². The molecule has 96 valence electrons. The summed E-state index contributed by atoms with van der Waals surface area (Å²) in [6.07, 6.45) is 0. The van der Waals surface area contributed by atoms with Crippen LogP contribution in [-0.4, -0.2) is 92.9 Å². The average molecular weight is 492 g/mol. The first kappa shape index (κ1) is 77.4. The second-order valence-corrected chi connectivity index (χ2v) is 1.73. The molecule has 0 aromatic carbocycles. The molecule has 0 spiro atoms. The van der Waals surface area contributed by atoms with E-state index in [-0.39, 0.29) is 177 Å². The summed E-state index contributed by atoms with van der Waals surface area (Å²) < 4.78 is 101. The predicted octanol–water partition coefficient (Wildman–Crippen LogP) is -28.1. The summed E-state index contributed by atoms with van der Waals surface area (Å²) in [5, 5.41) is 0. The maximum absolute atomic E-state index is 8.46. The van der Waals surface area contributed by atoms with E-state index in [1.165, 1.54) is 0 Å². The molecule has 0 aromatic heterocycles. The van der Waals surface area contributed by atoms with Crippen LogP contribution < -0.4 is 202 Å². The Morgan fingerprint density at radius 1 is 0.292 bits per heavy atom. The van der Waals surface area contributed by atoms with E-state index in [0.29, 0.717) is 0 Å². The van der Waals surface area contributed by atoms with E-state index in [4.69, 9.17) is 47.8 Å². The third-order valence-corrected chi connectivity index (χ3v) is 0. The van der Waals surface area contributed by atoms with Crippen molar-refractivity contribution in [3.8, 4) is 0 Å². The molecule has 0 aliphatic heterocycles. The van der Waals surface area contributed by atoms with Gasteiger partial charge < -0.3 is 0 Å². The molecule has 0 saturated carbocycles. The Morgan fingerprint density at radius 3 is 0.292 bits per heavy atom. The van der Waals surface area contributed by atoms with Gasteiger partial charge in [0.1, 0.15) is 0 Å². The molecule has 0 rings (SSSR count). The minimum atomic E-state index is -1.75. The molecule has 0 amide bonds. The third kappa shape index (κ3) is 482. The van der Waals surface area contributed by atoms with Crippen molar-refractivity contribution in [1.29, 1.82) is 0 Å². The number of hydrogen-bond donors (Lipinski definition) is 0. The first-order chi connectivity index (χ1) is 8.49. The van der Waals surface area contributed by atoms with Crippen LogP contribution in [0.1, 0.15) is 0 Å². The molecule has 0 aliphatic carbocycles. The summed E-state index contributed by atoms with van der Waals surface area (Å²) in [5.74, 6) is 0. The molecule has 0 heterocycles. The first-order valence-corrected chi connectivity index (χ1v) is 8.49. The van der Waals surface area contributed by atoms with Crippen molar-refractivity contribution in [2.75, 3.05) is 0 Å². The van der Waals surface area contributed by atoms with Gasteiger partial charge in [-0.15, -0.1) is 0 Å². The van der Waals surface area contributed by atoms with E-state index in [9.17, 15) is 0 Å². The van der Waals surface area contributed by atoms with Crippen LogP contribution in [0.25, 0.3) is 0 Å². The van der Waals surface area contributed by atoms with E-state index in [0.717, 1.165) is 0 Å². The zero-order valence-electron chi connectivity index (χ0n) is 14.4. The van der Waals surface area contributed by atoms with E-state index >= 15 is 0 Å². The molecule has 0 radical (unpaired) electrons. The SMILES string of the molecule is [Na+].[Na+].[Na+].[Na+].[Na+].[Na+].[O]=[Al][O-].[O]=[Al][O-].[O]=[Al][O-].[O]=[Al][O-].[O]=[Al][O-].[O]=[Al][O-]. The van der Waals surface area contributed by atoms with Gasteiger partial charge in [-0.25, -0.2) is 0 Å². The van der Waals surface area contributed by atoms with E-state index in [1.54, 1.807) is 0 Å². The fraction of sp³-hybridized carbons (Fsp3) is 0. The van der Waals surface area contributed by atoms with Crippen LogP contribution in [-0.2, 0) is 22.8 Å². The molecule has 0 unspecified atom stereocenters. The van der Waals surface area contributed by atoms with Gasteiger partial charge in [-0.05, 0) is 0 Å². The molecule has 0 aliphatic rings. The average Bonchev–Trinajstić information content (AvgIpc) is 2.23. The van der Waals surface area contributed by atoms with Gasteiger partial charge >= 0.3 is 318 Å². The van der Waals surface area contributed by atoms with E-state index in [1.807, 2.05) is 0 Å². The number of hydrogen-bond acceptors (Lipinski definition) is 12. The van der Waals surface area contributed by atoms with Crippen LogP contribution in [0.2, 0.25) is 0 Å². The molecule has 12 nitrogen and oxygen atoms in total. The van der Waals surface area contributed by atoms with Gasteiger partial charge in [-0.1, -0.05) is 0 Å². The standard InChI is InChI=1S/6Al.6Na.12O/q;;;;;;6*+1;;;;;;;6*-1. The zero-order chi connectivity index (χ0) is 16.2. The summed E-state index contributed by atoms with van der Waals surface area (Å²) in [5.41, 5.74) is 0. The van der Waals surface area contributed by atoms with Gasteiger partial charge in [-0.2, -0.15) is 0 Å². The molecule has 0 aromatic rings. The Kier molecular flexibility index (Phi) is 487. The second kappa shape index (κ2) is 151. The molecule has 0 atom stereocenters. The van der Waals surface area contributed by atoms with Crippen LogP contribution in [0.15, 0.2) is 0 Å². The summed E-state index contributed by atoms with van der Waals surface area (Å²) >= 11 is -10.5. The van der Waals surface area contributed by atoms with Crippen LogP contribution in [0.3, 0.4) is 0 Å². The summed E-state index contributed by atoms with van der Waals surface area (Å²) in [6.45, 7) is 0. The Labute approximate surface area is 310 Å². The normalized spacial score (nSPS) is 2.00. The summed E-state index contributed by atoms with van der Waals surface area (Å²) in [6, 6.07) is 0. The predicted molar refractivity (Wildman–Crippen MR) is 38.6 cm³/mol. The zero-order valence-corrected chi connectivity index (χ0v) is 33.3. The van der Waals surface area contributed by atoms with Crippen molar-refractivity contribution in [2.24, 2.45) is 0 Å². The maximum atomic E-state index is 8.46. The van der Waals surface area contributed by atoms with E-state index in [2.05, 4.69) is 0 Å². The third-order valence-electron chi connectivity index (χ3n) is 0. The van der Waals surface area contributed by atoms with Gasteiger partial charge in [-0.3, -0.25) is 0 Å².